The molecule has 2 saturated heterocycles. The van der Waals surface area contributed by atoms with Crippen LogP contribution in [0.3, 0.4) is 0 Å². The second kappa shape index (κ2) is 10.8. The Morgan fingerprint density at radius 2 is 1.76 bits per heavy atom. The third-order valence-electron chi connectivity index (χ3n) is 11.2. The predicted molar refractivity (Wildman–Crippen MR) is 160 cm³/mol. The van der Waals surface area contributed by atoms with E-state index in [2.05, 4.69) is 43.1 Å². The third-order valence-corrected chi connectivity index (χ3v) is 15.0. The lowest BCUT2D eigenvalue weighted by molar-refractivity contribution is -0.132. The zero-order valence-electron chi connectivity index (χ0n) is 24.5. The molecular formula is C29H46N4O6S2. The van der Waals surface area contributed by atoms with Gasteiger partial charge in [-0.3, -0.25) is 4.79 Å². The first-order chi connectivity index (χ1) is 19.2. The van der Waals surface area contributed by atoms with Crippen molar-refractivity contribution in [1.82, 2.24) is 9.62 Å². The number of sulfonamides is 1. The lowest BCUT2D eigenvalue weighted by Gasteiger charge is -2.45. The molecule has 0 aromatic heterocycles. The summed E-state index contributed by atoms with van der Waals surface area (Å²) >= 11 is 0. The standard InChI is InChI=1S/C29H46N4O6S2/c1-21-6-4-5-7-24(21)32-12-14-33(15-13-32)41(38,39)20-28-11-8-23(27(28,2)3)18-25(28)31-26(35)29(30,19-34)22-9-16-40(36,37)17-10-22/h4-7,22-23,25,34H,8-20,30H2,1-3H3,(H,31,35)/t23?,25?,28?,29-/m1/s1. The number of carbonyl (C=O) groups excluding carboxylic acids is 1. The molecule has 4 N–H and O–H groups in total. The average molecular weight is 611 g/mol. The van der Waals surface area contributed by atoms with Crippen molar-refractivity contribution >= 4 is 31.5 Å². The van der Waals surface area contributed by atoms with Crippen molar-refractivity contribution in [2.45, 2.75) is 64.5 Å². The number of anilines is 1. The summed E-state index contributed by atoms with van der Waals surface area (Å²) in [5.74, 6) is -0.865. The summed E-state index contributed by atoms with van der Waals surface area (Å²) in [7, 11) is -6.79. The molecular weight excluding hydrogens is 564 g/mol. The highest BCUT2D eigenvalue weighted by Crippen LogP contribution is 2.66. The Balaban J connectivity index is 1.32. The molecule has 4 aliphatic rings. The lowest BCUT2D eigenvalue weighted by atomic mass is 9.68. The van der Waals surface area contributed by atoms with Gasteiger partial charge in [-0.05, 0) is 67.9 Å². The smallest absolute Gasteiger partial charge is 0.242 e. The molecule has 2 heterocycles. The van der Waals surface area contributed by atoms with Crippen LogP contribution < -0.4 is 16.0 Å². The number of nitrogens with two attached hydrogens (primary N) is 1. The molecule has 2 aliphatic heterocycles. The maximum atomic E-state index is 14.0. The first-order valence-corrected chi connectivity index (χ1v) is 18.3. The van der Waals surface area contributed by atoms with Crippen LogP contribution in [0.2, 0.25) is 0 Å². The number of aliphatic hydroxyl groups is 1. The van der Waals surface area contributed by atoms with Gasteiger partial charge in [-0.2, -0.15) is 4.31 Å². The van der Waals surface area contributed by atoms with Gasteiger partial charge in [0.15, 0.2) is 0 Å². The summed E-state index contributed by atoms with van der Waals surface area (Å²) in [6.07, 6.45) is 2.70. The van der Waals surface area contributed by atoms with E-state index in [1.165, 1.54) is 5.56 Å². The topological polar surface area (TPSA) is 150 Å². The van der Waals surface area contributed by atoms with E-state index in [4.69, 9.17) is 5.73 Å². The molecule has 41 heavy (non-hydrogen) atoms. The third kappa shape index (κ3) is 5.32. The number of fused-ring (bicyclic) bond motifs is 2. The monoisotopic (exact) mass is 610 g/mol. The number of rotatable bonds is 8. The van der Waals surface area contributed by atoms with Crippen molar-refractivity contribution in [3.05, 3.63) is 29.8 Å². The molecule has 230 valence electrons. The summed E-state index contributed by atoms with van der Waals surface area (Å²) < 4.78 is 53.5. The van der Waals surface area contributed by atoms with E-state index in [1.807, 2.05) is 12.1 Å². The second-order valence-electron chi connectivity index (χ2n) is 13.4. The number of nitrogens with zero attached hydrogens (tertiary/aromatic N) is 2. The molecule has 1 aromatic carbocycles. The van der Waals surface area contributed by atoms with Crippen molar-refractivity contribution in [3.63, 3.8) is 0 Å². The van der Waals surface area contributed by atoms with E-state index >= 15 is 0 Å². The van der Waals surface area contributed by atoms with Crippen LogP contribution in [0.4, 0.5) is 5.69 Å². The molecule has 4 atom stereocenters. The van der Waals surface area contributed by atoms with Crippen LogP contribution in [-0.4, -0.2) is 93.8 Å². The number of sulfone groups is 1. The number of hydrogen-bond acceptors (Lipinski definition) is 8. The van der Waals surface area contributed by atoms with Crippen LogP contribution in [0.5, 0.6) is 0 Å². The zero-order valence-corrected chi connectivity index (χ0v) is 26.1. The predicted octanol–water partition coefficient (Wildman–Crippen LogP) is 1.27. The molecule has 2 saturated carbocycles. The molecule has 12 heteroatoms. The molecule has 5 rings (SSSR count). The van der Waals surface area contributed by atoms with Crippen molar-refractivity contribution < 1.29 is 26.7 Å². The van der Waals surface area contributed by atoms with Gasteiger partial charge in [-0.1, -0.05) is 32.0 Å². The van der Waals surface area contributed by atoms with Gasteiger partial charge in [0.2, 0.25) is 15.9 Å². The van der Waals surface area contributed by atoms with Crippen LogP contribution in [-0.2, 0) is 24.7 Å². The van der Waals surface area contributed by atoms with E-state index in [9.17, 15) is 26.7 Å². The summed E-state index contributed by atoms with van der Waals surface area (Å²) in [5.41, 5.74) is 6.23. The van der Waals surface area contributed by atoms with Crippen LogP contribution >= 0.6 is 0 Å². The Labute approximate surface area is 245 Å². The van der Waals surface area contributed by atoms with Gasteiger partial charge in [0, 0.05) is 43.3 Å². The molecule has 3 unspecified atom stereocenters. The largest absolute Gasteiger partial charge is 0.394 e. The first kappa shape index (κ1) is 30.7. The molecule has 0 radical (unpaired) electrons. The highest BCUT2D eigenvalue weighted by Gasteiger charge is 2.66. The van der Waals surface area contributed by atoms with Crippen molar-refractivity contribution in [3.8, 4) is 0 Å². The Morgan fingerprint density at radius 3 is 2.34 bits per heavy atom. The van der Waals surface area contributed by atoms with Crippen molar-refractivity contribution in [1.29, 1.82) is 0 Å². The van der Waals surface area contributed by atoms with E-state index < -0.39 is 55.3 Å². The number of aryl methyl sites for hydroxylation is 1. The first-order valence-electron chi connectivity index (χ1n) is 14.8. The second-order valence-corrected chi connectivity index (χ2v) is 17.7. The minimum absolute atomic E-state index is 0.0445. The Bertz CT molecular complexity index is 1360. The summed E-state index contributed by atoms with van der Waals surface area (Å²) in [4.78, 5) is 15.9. The van der Waals surface area contributed by atoms with Gasteiger partial charge in [-0.15, -0.1) is 0 Å². The zero-order chi connectivity index (χ0) is 29.8. The fourth-order valence-corrected chi connectivity index (χ4v) is 12.0. The van der Waals surface area contributed by atoms with E-state index in [0.717, 1.165) is 12.1 Å². The van der Waals surface area contributed by atoms with Gasteiger partial charge in [0.25, 0.3) is 0 Å². The normalized spacial score (nSPS) is 31.6. The van der Waals surface area contributed by atoms with E-state index in [0.29, 0.717) is 39.0 Å². The number of hydrogen-bond donors (Lipinski definition) is 3. The maximum Gasteiger partial charge on any atom is 0.242 e. The molecule has 2 aliphatic carbocycles. The number of amides is 1. The van der Waals surface area contributed by atoms with E-state index in [-0.39, 0.29) is 41.4 Å². The molecule has 10 nitrogen and oxygen atoms in total. The lowest BCUT2D eigenvalue weighted by Crippen LogP contribution is -2.66. The Morgan fingerprint density at radius 1 is 1.12 bits per heavy atom. The fourth-order valence-electron chi connectivity index (χ4n) is 8.25. The molecule has 4 fully saturated rings. The number of nitrogens with one attached hydrogen (secondary N) is 1. The minimum Gasteiger partial charge on any atom is -0.394 e. The fraction of sp³-hybridized carbons (Fsp3) is 0.759. The van der Waals surface area contributed by atoms with Gasteiger partial charge in [0.1, 0.15) is 15.4 Å². The number of para-hydroxylation sites is 1. The minimum atomic E-state index is -3.63. The Hall–Kier alpha value is -1.73. The maximum absolute atomic E-state index is 14.0. The van der Waals surface area contributed by atoms with Gasteiger partial charge >= 0.3 is 0 Å². The van der Waals surface area contributed by atoms with Gasteiger partial charge < -0.3 is 21.1 Å². The quantitative estimate of drug-likeness (QED) is 0.398. The molecule has 0 spiro atoms. The van der Waals surface area contributed by atoms with E-state index in [1.54, 1.807) is 4.31 Å². The van der Waals surface area contributed by atoms with Crippen molar-refractivity contribution in [2.75, 3.05) is 54.9 Å². The highest BCUT2D eigenvalue weighted by atomic mass is 32.2. The van der Waals surface area contributed by atoms with Crippen LogP contribution in [0.25, 0.3) is 0 Å². The Kier molecular flexibility index (Phi) is 8.07. The van der Waals surface area contributed by atoms with Crippen molar-refractivity contribution in [2.24, 2.45) is 28.4 Å². The van der Waals surface area contributed by atoms with Gasteiger partial charge in [0.05, 0.1) is 23.9 Å². The summed E-state index contributed by atoms with van der Waals surface area (Å²) in [5, 5.41) is 13.4. The summed E-state index contributed by atoms with van der Waals surface area (Å²) in [6.45, 7) is 7.77. The average Bonchev–Trinajstić information content (AvgIpc) is 3.28. The van der Waals surface area contributed by atoms with Gasteiger partial charge in [-0.25, -0.2) is 16.8 Å². The SMILES string of the molecule is Cc1ccccc1N1CCN(S(=O)(=O)CC23CCC(CC2NC(=O)[C@@](N)(CO)C2CCS(=O)(=O)CC2)C3(C)C)CC1. The molecule has 1 amide bonds. The summed E-state index contributed by atoms with van der Waals surface area (Å²) in [6, 6.07) is 7.74. The number of aliphatic hydroxyl groups excluding tert-OH is 1. The number of carbonyl (C=O) groups is 1. The number of benzene rings is 1. The van der Waals surface area contributed by atoms with Crippen LogP contribution in [0.15, 0.2) is 24.3 Å². The molecule has 1 aromatic rings. The molecule has 2 bridgehead atoms. The highest BCUT2D eigenvalue weighted by molar-refractivity contribution is 7.91. The van der Waals surface area contributed by atoms with Crippen LogP contribution in [0.1, 0.15) is 51.5 Å². The number of piperazine rings is 1. The van der Waals surface area contributed by atoms with Crippen LogP contribution in [0, 0.1) is 29.6 Å².